The van der Waals surface area contributed by atoms with Gasteiger partial charge in [0.25, 0.3) is 0 Å². The number of amides is 2. The van der Waals surface area contributed by atoms with Gasteiger partial charge in [-0.3, -0.25) is 0 Å². The summed E-state index contributed by atoms with van der Waals surface area (Å²) >= 11 is 1.40. The van der Waals surface area contributed by atoms with Crippen molar-refractivity contribution in [1.82, 2.24) is 15.2 Å². The van der Waals surface area contributed by atoms with Crippen LogP contribution in [0.4, 0.5) is 10.5 Å². The number of thiazole rings is 1. The van der Waals surface area contributed by atoms with E-state index in [0.717, 1.165) is 36.6 Å². The van der Waals surface area contributed by atoms with E-state index in [1.165, 1.54) is 22.5 Å². The number of nitrogens with one attached hydrogen (secondary N) is 2. The molecule has 2 aliphatic rings. The zero-order valence-electron chi connectivity index (χ0n) is 15.2. The largest absolute Gasteiger partial charge is 0.461 e. The number of esters is 1. The molecule has 0 radical (unpaired) electrons. The van der Waals surface area contributed by atoms with Crippen LogP contribution in [-0.2, 0) is 17.8 Å². The van der Waals surface area contributed by atoms with Gasteiger partial charge in [0.05, 0.1) is 12.6 Å². The number of aromatic nitrogens is 1. The van der Waals surface area contributed by atoms with Gasteiger partial charge in [0.1, 0.15) is 5.01 Å². The molecule has 1 atom stereocenters. The van der Waals surface area contributed by atoms with Crippen molar-refractivity contribution >= 4 is 29.0 Å². The summed E-state index contributed by atoms with van der Waals surface area (Å²) in [7, 11) is 0. The summed E-state index contributed by atoms with van der Waals surface area (Å²) in [6.07, 6.45) is 1.76. The van der Waals surface area contributed by atoms with Crippen LogP contribution in [0.2, 0.25) is 0 Å². The number of likely N-dealkylation sites (tertiary alicyclic amines) is 1. The van der Waals surface area contributed by atoms with E-state index in [4.69, 9.17) is 4.74 Å². The molecule has 1 aromatic carbocycles. The second kappa shape index (κ2) is 7.66. The number of benzene rings is 1. The van der Waals surface area contributed by atoms with E-state index in [-0.39, 0.29) is 12.1 Å². The average Bonchev–Trinajstić information content (AvgIpc) is 3.40. The lowest BCUT2D eigenvalue weighted by Crippen LogP contribution is -2.34. The monoisotopic (exact) mass is 386 g/mol. The van der Waals surface area contributed by atoms with Crippen LogP contribution in [-0.4, -0.2) is 35.0 Å². The predicted octanol–water partition coefficient (Wildman–Crippen LogP) is 3.29. The molecule has 2 aliphatic heterocycles. The predicted molar refractivity (Wildman–Crippen MR) is 103 cm³/mol. The highest BCUT2D eigenvalue weighted by molar-refractivity contribution is 7.09. The Kier molecular flexibility index (Phi) is 5.09. The number of carbonyl (C=O) groups excluding carboxylic acids is 2. The first kappa shape index (κ1) is 17.9. The Labute approximate surface area is 161 Å². The van der Waals surface area contributed by atoms with Gasteiger partial charge in [-0.15, -0.1) is 11.3 Å². The number of urea groups is 1. The maximum absolute atomic E-state index is 12.8. The van der Waals surface area contributed by atoms with Gasteiger partial charge in [-0.25, -0.2) is 14.6 Å². The Morgan fingerprint density at radius 2 is 2.22 bits per heavy atom. The topological polar surface area (TPSA) is 83.6 Å². The van der Waals surface area contributed by atoms with Gasteiger partial charge in [-0.2, -0.15) is 0 Å². The molecule has 0 aliphatic carbocycles. The first-order valence-electron chi connectivity index (χ1n) is 9.18. The maximum Gasteiger partial charge on any atom is 0.357 e. The summed E-state index contributed by atoms with van der Waals surface area (Å²) in [5.41, 5.74) is 3.63. The summed E-state index contributed by atoms with van der Waals surface area (Å²) < 4.78 is 5.00. The summed E-state index contributed by atoms with van der Waals surface area (Å²) in [5, 5.41) is 8.80. The van der Waals surface area contributed by atoms with Gasteiger partial charge in [0.2, 0.25) is 0 Å². The number of anilines is 1. The molecule has 4 rings (SSSR count). The number of hydrogen-bond acceptors (Lipinski definition) is 6. The molecule has 2 amide bonds. The third kappa shape index (κ3) is 3.68. The van der Waals surface area contributed by atoms with E-state index >= 15 is 0 Å². The Morgan fingerprint density at radius 3 is 3.07 bits per heavy atom. The van der Waals surface area contributed by atoms with E-state index in [0.29, 0.717) is 18.8 Å². The lowest BCUT2D eigenvalue weighted by atomic mass is 10.1. The quantitative estimate of drug-likeness (QED) is 0.788. The standard InChI is InChI=1S/C19H22N4O3S/c1-2-26-18(24)15-11-27-17(22-15)16-4-3-7-23(16)19(25)21-14-6-5-12-9-20-10-13(12)8-14/h5-6,8,11,16,20H,2-4,7,9-10H2,1H3,(H,21,25)/t16-/m1/s1. The lowest BCUT2D eigenvalue weighted by molar-refractivity contribution is 0.0520. The third-order valence-electron chi connectivity index (χ3n) is 4.89. The molecule has 8 heteroatoms. The van der Waals surface area contributed by atoms with Crippen molar-refractivity contribution in [3.05, 3.63) is 45.4 Å². The van der Waals surface area contributed by atoms with Crippen LogP contribution in [0.25, 0.3) is 0 Å². The highest BCUT2D eigenvalue weighted by Gasteiger charge is 2.32. The molecule has 1 saturated heterocycles. The molecule has 142 valence electrons. The Hall–Kier alpha value is -2.45. The molecule has 1 aromatic heterocycles. The Morgan fingerprint density at radius 1 is 1.37 bits per heavy atom. The summed E-state index contributed by atoms with van der Waals surface area (Å²) in [6.45, 7) is 4.48. The molecule has 2 N–H and O–H groups in total. The summed E-state index contributed by atoms with van der Waals surface area (Å²) in [4.78, 5) is 30.9. The fourth-order valence-electron chi connectivity index (χ4n) is 3.57. The second-order valence-corrected chi connectivity index (χ2v) is 7.55. The molecular weight excluding hydrogens is 364 g/mol. The van der Waals surface area contributed by atoms with Crippen molar-refractivity contribution < 1.29 is 14.3 Å². The maximum atomic E-state index is 12.8. The van der Waals surface area contributed by atoms with E-state index < -0.39 is 5.97 Å². The molecule has 0 saturated carbocycles. The van der Waals surface area contributed by atoms with Gasteiger partial charge in [0.15, 0.2) is 5.69 Å². The van der Waals surface area contributed by atoms with Crippen molar-refractivity contribution in [1.29, 1.82) is 0 Å². The molecule has 1 fully saturated rings. The van der Waals surface area contributed by atoms with Crippen LogP contribution in [0.5, 0.6) is 0 Å². The SMILES string of the molecule is CCOC(=O)c1csc([C@H]2CCCN2C(=O)Nc2ccc3c(c2)CNC3)n1. The van der Waals surface area contributed by atoms with Gasteiger partial charge in [-0.05, 0) is 43.0 Å². The number of ether oxygens (including phenoxy) is 1. The highest BCUT2D eigenvalue weighted by Crippen LogP contribution is 2.34. The first-order chi connectivity index (χ1) is 13.2. The molecule has 2 aromatic rings. The van der Waals surface area contributed by atoms with E-state index in [2.05, 4.69) is 21.7 Å². The molecule has 27 heavy (non-hydrogen) atoms. The molecular formula is C19H22N4O3S. The smallest absolute Gasteiger partial charge is 0.357 e. The number of fused-ring (bicyclic) bond motifs is 1. The number of nitrogens with zero attached hydrogens (tertiary/aromatic N) is 2. The van der Waals surface area contributed by atoms with Gasteiger partial charge in [-0.1, -0.05) is 6.07 Å². The summed E-state index contributed by atoms with van der Waals surface area (Å²) in [6, 6.07) is 5.79. The third-order valence-corrected chi connectivity index (χ3v) is 5.84. The van der Waals surface area contributed by atoms with Gasteiger partial charge in [0, 0.05) is 30.7 Å². The van der Waals surface area contributed by atoms with Crippen molar-refractivity contribution in [2.75, 3.05) is 18.5 Å². The van der Waals surface area contributed by atoms with Crippen LogP contribution in [0.1, 0.15) is 52.4 Å². The second-order valence-electron chi connectivity index (χ2n) is 6.66. The highest BCUT2D eigenvalue weighted by atomic mass is 32.1. The lowest BCUT2D eigenvalue weighted by Gasteiger charge is -2.23. The molecule has 0 bridgehead atoms. The zero-order valence-corrected chi connectivity index (χ0v) is 16.0. The summed E-state index contributed by atoms with van der Waals surface area (Å²) in [5.74, 6) is -0.416. The van der Waals surface area contributed by atoms with Crippen LogP contribution < -0.4 is 10.6 Å². The molecule has 3 heterocycles. The van der Waals surface area contributed by atoms with Crippen LogP contribution in [0.15, 0.2) is 23.6 Å². The minimum absolute atomic E-state index is 0.103. The van der Waals surface area contributed by atoms with Gasteiger partial charge < -0.3 is 20.3 Å². The van der Waals surface area contributed by atoms with Gasteiger partial charge >= 0.3 is 12.0 Å². The normalized spacial score (nSPS) is 18.4. The number of carbonyl (C=O) groups is 2. The average molecular weight is 386 g/mol. The van der Waals surface area contributed by atoms with E-state index in [1.807, 2.05) is 12.1 Å². The van der Waals surface area contributed by atoms with Crippen molar-refractivity contribution in [2.45, 2.75) is 38.9 Å². The fraction of sp³-hybridized carbons (Fsp3) is 0.421. The Bertz CT molecular complexity index is 866. The molecule has 7 nitrogen and oxygen atoms in total. The number of rotatable bonds is 4. The number of hydrogen-bond donors (Lipinski definition) is 2. The van der Waals surface area contributed by atoms with Crippen molar-refractivity contribution in [3.8, 4) is 0 Å². The Balaban J connectivity index is 1.46. The van der Waals surface area contributed by atoms with E-state index in [1.54, 1.807) is 17.2 Å². The molecule has 0 unspecified atom stereocenters. The minimum atomic E-state index is -0.416. The van der Waals surface area contributed by atoms with Crippen molar-refractivity contribution in [3.63, 3.8) is 0 Å². The fourth-order valence-corrected chi connectivity index (χ4v) is 4.51. The van der Waals surface area contributed by atoms with E-state index in [9.17, 15) is 9.59 Å². The first-order valence-corrected chi connectivity index (χ1v) is 10.1. The van der Waals surface area contributed by atoms with Crippen LogP contribution in [0.3, 0.4) is 0 Å². The minimum Gasteiger partial charge on any atom is -0.461 e. The van der Waals surface area contributed by atoms with Crippen molar-refractivity contribution in [2.24, 2.45) is 0 Å². The zero-order chi connectivity index (χ0) is 18.8. The molecule has 0 spiro atoms. The van der Waals surface area contributed by atoms with Crippen LogP contribution in [0, 0.1) is 0 Å². The van der Waals surface area contributed by atoms with Crippen LogP contribution >= 0.6 is 11.3 Å².